The van der Waals surface area contributed by atoms with Crippen LogP contribution in [0.1, 0.15) is 58.3 Å². The summed E-state index contributed by atoms with van der Waals surface area (Å²) in [6.07, 6.45) is 6.59. The fourth-order valence-electron chi connectivity index (χ4n) is 2.44. The van der Waals surface area contributed by atoms with Crippen LogP contribution in [-0.4, -0.2) is 80.3 Å². The van der Waals surface area contributed by atoms with Crippen LogP contribution in [-0.2, 0) is 18.4 Å². The summed E-state index contributed by atoms with van der Waals surface area (Å²) in [4.78, 5) is 23.4. The van der Waals surface area contributed by atoms with Gasteiger partial charge in [0.1, 0.15) is 13.2 Å². The van der Waals surface area contributed by atoms with Gasteiger partial charge in [0, 0.05) is 6.42 Å². The zero-order valence-electron chi connectivity index (χ0n) is 18.5. The van der Waals surface area contributed by atoms with E-state index >= 15 is 0 Å². The van der Waals surface area contributed by atoms with E-state index in [-0.39, 0.29) is 32.3 Å². The Morgan fingerprint density at radius 3 is 1.97 bits per heavy atom. The topological polar surface area (TPSA) is 128 Å². The monoisotopic (exact) mass is 440 g/mol. The predicted octanol–water partition coefficient (Wildman–Crippen LogP) is 1.17. The molecule has 0 aromatic rings. The molecule has 0 rings (SSSR count). The molecule has 174 valence electrons. The molecule has 10 heteroatoms. The van der Waals surface area contributed by atoms with Gasteiger partial charge in [-0.05, 0) is 19.8 Å². The second-order valence-electron chi connectivity index (χ2n) is 8.78. The first-order valence-electron chi connectivity index (χ1n) is 10.4. The third-order valence-corrected chi connectivity index (χ3v) is 5.45. The summed E-state index contributed by atoms with van der Waals surface area (Å²) in [6.45, 7) is 1.82. The van der Waals surface area contributed by atoms with Gasteiger partial charge < -0.3 is 34.0 Å². The summed E-state index contributed by atoms with van der Waals surface area (Å²) >= 11 is 0. The number of carbonyl (C=O) groups is 1. The first kappa shape index (κ1) is 28.5. The molecule has 0 aromatic carbocycles. The maximum absolute atomic E-state index is 11.8. The second kappa shape index (κ2) is 14.5. The fraction of sp³-hybridized carbons (Fsp3) is 0.947. The van der Waals surface area contributed by atoms with E-state index in [9.17, 15) is 14.3 Å². The lowest BCUT2D eigenvalue weighted by atomic mass is 10.0. The summed E-state index contributed by atoms with van der Waals surface area (Å²) < 4.78 is 21.9. The van der Waals surface area contributed by atoms with Crippen molar-refractivity contribution in [3.63, 3.8) is 0 Å². The highest BCUT2D eigenvalue weighted by Gasteiger charge is 2.23. The third kappa shape index (κ3) is 16.9. The van der Waals surface area contributed by atoms with Crippen molar-refractivity contribution in [1.29, 1.82) is 0 Å². The van der Waals surface area contributed by atoms with E-state index in [1.807, 2.05) is 21.1 Å². The maximum Gasteiger partial charge on any atom is 0.268 e. The van der Waals surface area contributed by atoms with Gasteiger partial charge in [-0.25, -0.2) is 0 Å². The van der Waals surface area contributed by atoms with Crippen molar-refractivity contribution >= 4 is 13.7 Å². The van der Waals surface area contributed by atoms with E-state index in [0.717, 1.165) is 38.5 Å². The number of hydrogen-bond acceptors (Lipinski definition) is 7. The molecule has 0 heterocycles. The van der Waals surface area contributed by atoms with Gasteiger partial charge >= 0.3 is 0 Å². The fourth-order valence-corrected chi connectivity index (χ4v) is 3.17. The highest BCUT2D eigenvalue weighted by molar-refractivity contribution is 7.45. The maximum atomic E-state index is 11.8. The molecule has 1 unspecified atom stereocenters. The van der Waals surface area contributed by atoms with E-state index in [4.69, 9.17) is 19.3 Å². The summed E-state index contributed by atoms with van der Waals surface area (Å²) in [7, 11) is 1.66. The molecule has 0 aliphatic heterocycles. The van der Waals surface area contributed by atoms with Crippen LogP contribution in [0, 0.1) is 0 Å². The smallest absolute Gasteiger partial charge is 0.268 e. The summed E-state index contributed by atoms with van der Waals surface area (Å²) in [5.41, 5.74) is -0.968. The molecule has 1 atom stereocenters. The molecule has 29 heavy (non-hydrogen) atoms. The van der Waals surface area contributed by atoms with Crippen LogP contribution in [0.25, 0.3) is 0 Å². The largest absolute Gasteiger partial charge is 0.756 e. The number of amides is 1. The Balaban J connectivity index is 3.60. The zero-order chi connectivity index (χ0) is 22.4. The number of unbranched alkanes of at least 4 members (excludes halogenated alkanes) is 6. The van der Waals surface area contributed by atoms with E-state index in [1.54, 1.807) is 6.92 Å². The van der Waals surface area contributed by atoms with Crippen molar-refractivity contribution in [2.45, 2.75) is 63.8 Å². The van der Waals surface area contributed by atoms with Gasteiger partial charge in [-0.3, -0.25) is 9.36 Å². The van der Waals surface area contributed by atoms with Crippen molar-refractivity contribution in [3.05, 3.63) is 0 Å². The van der Waals surface area contributed by atoms with Crippen LogP contribution in [0.15, 0.2) is 0 Å². The van der Waals surface area contributed by atoms with Crippen LogP contribution in [0.3, 0.4) is 0 Å². The van der Waals surface area contributed by atoms with Crippen molar-refractivity contribution < 1.29 is 38.0 Å². The number of nitrogens with zero attached hydrogens (tertiary/aromatic N) is 1. The molecular formula is C19H41N2O7P. The minimum absolute atomic E-state index is 0.113. The number of phosphoric ester groups is 1. The van der Waals surface area contributed by atoms with Crippen LogP contribution in [0.5, 0.6) is 0 Å². The SMILES string of the molecule is CC(CO)(CO)NC(=O)CCCCCCCCCOP(=O)([O-])OCC[N+](C)(C)C. The highest BCUT2D eigenvalue weighted by Crippen LogP contribution is 2.38. The number of aliphatic hydroxyl groups excluding tert-OH is 2. The lowest BCUT2D eigenvalue weighted by Crippen LogP contribution is -2.51. The molecule has 0 aliphatic rings. The van der Waals surface area contributed by atoms with Gasteiger partial charge in [0.2, 0.25) is 5.91 Å². The number of carbonyl (C=O) groups excluding carboxylic acids is 1. The van der Waals surface area contributed by atoms with Gasteiger partial charge in [-0.2, -0.15) is 0 Å². The number of quaternary nitrogens is 1. The van der Waals surface area contributed by atoms with Gasteiger partial charge in [-0.1, -0.05) is 32.1 Å². The minimum atomic E-state index is -4.21. The molecule has 0 saturated carbocycles. The van der Waals surface area contributed by atoms with E-state index in [2.05, 4.69) is 5.32 Å². The van der Waals surface area contributed by atoms with E-state index in [0.29, 0.717) is 23.9 Å². The molecule has 0 radical (unpaired) electrons. The first-order valence-corrected chi connectivity index (χ1v) is 11.8. The zero-order valence-corrected chi connectivity index (χ0v) is 19.4. The number of hydrogen-bond donors (Lipinski definition) is 3. The Morgan fingerprint density at radius 1 is 0.966 bits per heavy atom. The molecule has 1 amide bonds. The number of likely N-dealkylation sites (N-methyl/N-ethyl adjacent to an activating group) is 1. The Kier molecular flexibility index (Phi) is 14.2. The van der Waals surface area contributed by atoms with Crippen molar-refractivity contribution in [2.75, 3.05) is 54.1 Å². The molecule has 0 aliphatic carbocycles. The molecule has 9 nitrogen and oxygen atoms in total. The van der Waals surface area contributed by atoms with Crippen LogP contribution < -0.4 is 10.2 Å². The lowest BCUT2D eigenvalue weighted by molar-refractivity contribution is -0.870. The molecule has 3 N–H and O–H groups in total. The van der Waals surface area contributed by atoms with Crippen LogP contribution >= 0.6 is 7.82 Å². The van der Waals surface area contributed by atoms with Crippen molar-refractivity contribution in [3.8, 4) is 0 Å². The standard InChI is InChI=1S/C19H41N2O7P/c1-19(16-22,17-23)20-18(24)12-10-8-6-5-7-9-11-14-27-29(25,26)28-15-13-21(2,3)4/h22-23H,5-17H2,1-4H3,(H-,20,24,25,26). The third-order valence-electron chi connectivity index (χ3n) is 4.45. The quantitative estimate of drug-likeness (QED) is 0.166. The molecule has 0 fully saturated rings. The second-order valence-corrected chi connectivity index (χ2v) is 10.2. The predicted molar refractivity (Wildman–Crippen MR) is 110 cm³/mol. The molecular weight excluding hydrogens is 399 g/mol. The molecule has 0 spiro atoms. The van der Waals surface area contributed by atoms with Gasteiger partial charge in [0.25, 0.3) is 7.82 Å². The van der Waals surface area contributed by atoms with Crippen molar-refractivity contribution in [1.82, 2.24) is 5.32 Å². The number of rotatable bonds is 18. The van der Waals surface area contributed by atoms with Crippen LogP contribution in [0.4, 0.5) is 0 Å². The summed E-state index contributed by atoms with van der Waals surface area (Å²) in [5.74, 6) is -0.168. The average Bonchev–Trinajstić information content (AvgIpc) is 2.61. The minimum Gasteiger partial charge on any atom is -0.756 e. The first-order chi connectivity index (χ1) is 13.4. The van der Waals surface area contributed by atoms with E-state index < -0.39 is 13.4 Å². The van der Waals surface area contributed by atoms with Crippen molar-refractivity contribution in [2.24, 2.45) is 0 Å². The Bertz CT molecular complexity index is 493. The Labute approximate surface area is 175 Å². The van der Waals surface area contributed by atoms with Gasteiger partial charge in [0.05, 0.1) is 46.5 Å². The van der Waals surface area contributed by atoms with Gasteiger partial charge in [0.15, 0.2) is 0 Å². The molecule has 0 bridgehead atoms. The Morgan fingerprint density at radius 2 is 1.45 bits per heavy atom. The average molecular weight is 441 g/mol. The molecule has 0 saturated heterocycles. The molecule has 0 aromatic heterocycles. The normalized spacial score (nSPS) is 14.6. The summed E-state index contributed by atoms with van der Waals surface area (Å²) in [5, 5.41) is 20.9. The number of nitrogens with one attached hydrogen (secondary N) is 1. The lowest BCUT2D eigenvalue weighted by Gasteiger charge is -2.27. The van der Waals surface area contributed by atoms with Crippen LogP contribution in [0.2, 0.25) is 0 Å². The summed E-state index contributed by atoms with van der Waals surface area (Å²) in [6, 6.07) is 0. The number of phosphoric acid groups is 1. The van der Waals surface area contributed by atoms with E-state index in [1.165, 1.54) is 0 Å². The highest BCUT2D eigenvalue weighted by atomic mass is 31.2. The Hall–Kier alpha value is -0.540. The van der Waals surface area contributed by atoms with Gasteiger partial charge in [-0.15, -0.1) is 0 Å². The number of aliphatic hydroxyl groups is 2.